The van der Waals surface area contributed by atoms with Crippen molar-refractivity contribution in [1.29, 1.82) is 0 Å². The average molecular weight is 178 g/mol. The van der Waals surface area contributed by atoms with Crippen molar-refractivity contribution in [1.82, 2.24) is 20.4 Å². The normalized spacial score (nSPS) is 22.5. The minimum absolute atomic E-state index is 0.613. The summed E-state index contributed by atoms with van der Waals surface area (Å²) in [4.78, 5) is 0. The van der Waals surface area contributed by atoms with E-state index in [4.69, 9.17) is 0 Å². The minimum atomic E-state index is 0.613. The standard InChI is InChI=1S/C9H14N4/c1-2-10-3-7-4-12-13(9(1)7)8-5-11-6-8/h4,8,10-11H,1-3,5-6H2. The summed E-state index contributed by atoms with van der Waals surface area (Å²) in [5, 5.41) is 11.1. The van der Waals surface area contributed by atoms with Gasteiger partial charge in [-0.2, -0.15) is 5.10 Å². The van der Waals surface area contributed by atoms with Crippen molar-refractivity contribution in [2.75, 3.05) is 19.6 Å². The first-order valence-electron chi connectivity index (χ1n) is 4.92. The van der Waals surface area contributed by atoms with Crippen molar-refractivity contribution >= 4 is 0 Å². The van der Waals surface area contributed by atoms with Crippen LogP contribution >= 0.6 is 0 Å². The Labute approximate surface area is 77.3 Å². The van der Waals surface area contributed by atoms with Gasteiger partial charge in [0.25, 0.3) is 0 Å². The van der Waals surface area contributed by atoms with E-state index in [0.29, 0.717) is 6.04 Å². The highest BCUT2D eigenvalue weighted by Crippen LogP contribution is 2.19. The second-order valence-corrected chi connectivity index (χ2v) is 3.80. The monoisotopic (exact) mass is 178 g/mol. The molecule has 0 amide bonds. The first-order chi connectivity index (χ1) is 6.45. The van der Waals surface area contributed by atoms with Gasteiger partial charge in [0.1, 0.15) is 0 Å². The number of rotatable bonds is 1. The SMILES string of the molecule is c1nn(C2CNC2)c2c1CNCC2. The first-order valence-corrected chi connectivity index (χ1v) is 4.92. The minimum Gasteiger partial charge on any atom is -0.312 e. The number of nitrogens with zero attached hydrogens (tertiary/aromatic N) is 2. The highest BCUT2D eigenvalue weighted by molar-refractivity contribution is 5.21. The molecule has 2 N–H and O–H groups in total. The highest BCUT2D eigenvalue weighted by atomic mass is 15.3. The largest absolute Gasteiger partial charge is 0.312 e. The summed E-state index contributed by atoms with van der Waals surface area (Å²) >= 11 is 0. The summed E-state index contributed by atoms with van der Waals surface area (Å²) in [6.45, 7) is 4.26. The maximum absolute atomic E-state index is 4.46. The zero-order valence-corrected chi connectivity index (χ0v) is 7.58. The van der Waals surface area contributed by atoms with Gasteiger partial charge >= 0.3 is 0 Å². The molecule has 1 aromatic rings. The van der Waals surface area contributed by atoms with Crippen LogP contribution in [0.3, 0.4) is 0 Å². The van der Waals surface area contributed by atoms with Gasteiger partial charge in [-0.25, -0.2) is 0 Å². The van der Waals surface area contributed by atoms with Crippen LogP contribution in [0, 0.1) is 0 Å². The van der Waals surface area contributed by atoms with Gasteiger partial charge in [0.15, 0.2) is 0 Å². The van der Waals surface area contributed by atoms with Crippen LogP contribution < -0.4 is 10.6 Å². The van der Waals surface area contributed by atoms with E-state index in [2.05, 4.69) is 20.4 Å². The van der Waals surface area contributed by atoms with Crippen LogP contribution in [0.1, 0.15) is 17.3 Å². The second kappa shape index (κ2) is 2.82. The van der Waals surface area contributed by atoms with E-state index in [9.17, 15) is 0 Å². The van der Waals surface area contributed by atoms with Crippen molar-refractivity contribution in [3.05, 3.63) is 17.5 Å². The van der Waals surface area contributed by atoms with Crippen LogP contribution in [-0.2, 0) is 13.0 Å². The summed E-state index contributed by atoms with van der Waals surface area (Å²) < 4.78 is 2.21. The lowest BCUT2D eigenvalue weighted by atomic mass is 10.1. The smallest absolute Gasteiger partial charge is 0.0771 e. The third-order valence-electron chi connectivity index (χ3n) is 2.95. The molecule has 0 unspecified atom stereocenters. The molecule has 2 aliphatic rings. The van der Waals surface area contributed by atoms with Crippen LogP contribution in [0.25, 0.3) is 0 Å². The Hall–Kier alpha value is -0.870. The van der Waals surface area contributed by atoms with E-state index in [1.165, 1.54) is 11.3 Å². The van der Waals surface area contributed by atoms with Gasteiger partial charge in [-0.3, -0.25) is 4.68 Å². The topological polar surface area (TPSA) is 41.9 Å². The summed E-state index contributed by atoms with van der Waals surface area (Å²) in [6, 6.07) is 0.613. The molecule has 0 spiro atoms. The molecule has 70 valence electrons. The van der Waals surface area contributed by atoms with E-state index in [1.54, 1.807) is 0 Å². The number of hydrogen-bond acceptors (Lipinski definition) is 3. The van der Waals surface area contributed by atoms with Gasteiger partial charge in [0, 0.05) is 43.9 Å². The van der Waals surface area contributed by atoms with Crippen LogP contribution in [0.2, 0.25) is 0 Å². The van der Waals surface area contributed by atoms with Crippen LogP contribution in [-0.4, -0.2) is 29.4 Å². The molecule has 13 heavy (non-hydrogen) atoms. The lowest BCUT2D eigenvalue weighted by Gasteiger charge is -2.29. The van der Waals surface area contributed by atoms with E-state index >= 15 is 0 Å². The highest BCUT2D eigenvalue weighted by Gasteiger charge is 2.24. The van der Waals surface area contributed by atoms with Gasteiger partial charge in [0.2, 0.25) is 0 Å². The first kappa shape index (κ1) is 7.53. The predicted octanol–water partition coefficient (Wildman–Crippen LogP) is -0.327. The maximum atomic E-state index is 4.46. The summed E-state index contributed by atoms with van der Waals surface area (Å²) in [7, 11) is 0. The zero-order chi connectivity index (χ0) is 8.67. The van der Waals surface area contributed by atoms with Gasteiger partial charge in [0.05, 0.1) is 12.2 Å². The molecule has 1 saturated heterocycles. The molecular formula is C9H14N4. The molecule has 2 aliphatic heterocycles. The van der Waals surface area contributed by atoms with E-state index in [1.807, 2.05) is 6.20 Å². The second-order valence-electron chi connectivity index (χ2n) is 3.80. The Morgan fingerprint density at radius 1 is 1.38 bits per heavy atom. The van der Waals surface area contributed by atoms with Gasteiger partial charge in [-0.1, -0.05) is 0 Å². The molecule has 0 aliphatic carbocycles. The Morgan fingerprint density at radius 3 is 3.08 bits per heavy atom. The van der Waals surface area contributed by atoms with Crippen molar-refractivity contribution in [3.63, 3.8) is 0 Å². The van der Waals surface area contributed by atoms with Crippen LogP contribution in [0.5, 0.6) is 0 Å². The van der Waals surface area contributed by atoms with E-state index in [0.717, 1.165) is 32.6 Å². The lowest BCUT2D eigenvalue weighted by Crippen LogP contribution is -2.44. The summed E-state index contributed by atoms with van der Waals surface area (Å²) in [5.74, 6) is 0. The van der Waals surface area contributed by atoms with Gasteiger partial charge < -0.3 is 10.6 Å². The zero-order valence-electron chi connectivity index (χ0n) is 7.58. The summed E-state index contributed by atoms with van der Waals surface area (Å²) in [5.41, 5.74) is 2.84. The quantitative estimate of drug-likeness (QED) is 0.619. The van der Waals surface area contributed by atoms with Gasteiger partial charge in [-0.05, 0) is 0 Å². The summed E-state index contributed by atoms with van der Waals surface area (Å²) in [6.07, 6.45) is 3.14. The van der Waals surface area contributed by atoms with Crippen LogP contribution in [0.15, 0.2) is 6.20 Å². The molecular weight excluding hydrogens is 164 g/mol. The molecule has 3 heterocycles. The van der Waals surface area contributed by atoms with Gasteiger partial charge in [-0.15, -0.1) is 0 Å². The maximum Gasteiger partial charge on any atom is 0.0771 e. The molecule has 1 fully saturated rings. The number of aromatic nitrogens is 2. The van der Waals surface area contributed by atoms with Crippen molar-refractivity contribution in [2.45, 2.75) is 19.0 Å². The third kappa shape index (κ3) is 1.09. The number of fused-ring (bicyclic) bond motifs is 1. The molecule has 0 saturated carbocycles. The van der Waals surface area contributed by atoms with E-state index < -0.39 is 0 Å². The Balaban J connectivity index is 1.95. The number of hydrogen-bond donors (Lipinski definition) is 2. The molecule has 1 aromatic heterocycles. The molecule has 0 radical (unpaired) electrons. The van der Waals surface area contributed by atoms with E-state index in [-0.39, 0.29) is 0 Å². The Bertz CT molecular complexity index is 313. The fourth-order valence-corrected chi connectivity index (χ4v) is 2.04. The van der Waals surface area contributed by atoms with Crippen LogP contribution in [0.4, 0.5) is 0 Å². The fraction of sp³-hybridized carbons (Fsp3) is 0.667. The number of nitrogens with one attached hydrogen (secondary N) is 2. The predicted molar refractivity (Wildman–Crippen MR) is 49.5 cm³/mol. The lowest BCUT2D eigenvalue weighted by molar-refractivity contribution is 0.308. The molecule has 4 heteroatoms. The van der Waals surface area contributed by atoms with Crippen molar-refractivity contribution < 1.29 is 0 Å². The molecule has 0 aromatic carbocycles. The third-order valence-corrected chi connectivity index (χ3v) is 2.95. The van der Waals surface area contributed by atoms with Crippen molar-refractivity contribution in [3.8, 4) is 0 Å². The van der Waals surface area contributed by atoms with Crippen molar-refractivity contribution in [2.24, 2.45) is 0 Å². The molecule has 0 bridgehead atoms. The Kier molecular flexibility index (Phi) is 1.63. The molecule has 4 nitrogen and oxygen atoms in total. The fourth-order valence-electron chi connectivity index (χ4n) is 2.04. The Morgan fingerprint density at radius 2 is 2.31 bits per heavy atom. The average Bonchev–Trinajstić information content (AvgIpc) is 2.47. The molecule has 3 rings (SSSR count). The molecule has 0 atom stereocenters.